The van der Waals surface area contributed by atoms with E-state index in [1.165, 1.54) is 0 Å². The lowest BCUT2D eigenvalue weighted by Crippen LogP contribution is -2.20. The topological polar surface area (TPSA) is 41.1 Å². The Kier molecular flexibility index (Phi) is 5.69. The Morgan fingerprint density at radius 2 is 1.78 bits per heavy atom. The van der Waals surface area contributed by atoms with Crippen LogP contribution in [0.4, 0.5) is 5.69 Å². The molecular weight excluding hydrogens is 224 g/mol. The van der Waals surface area contributed by atoms with E-state index in [-0.39, 0.29) is 5.91 Å². The molecule has 1 aromatic rings. The molecule has 0 aliphatic heterocycles. The van der Waals surface area contributed by atoms with E-state index < -0.39 is 0 Å². The van der Waals surface area contributed by atoms with Crippen LogP contribution in [0.3, 0.4) is 0 Å². The molecule has 0 aromatic heterocycles. The maximum absolute atomic E-state index is 11.2. The second kappa shape index (κ2) is 7.04. The summed E-state index contributed by atoms with van der Waals surface area (Å²) >= 11 is 0. The van der Waals surface area contributed by atoms with Crippen molar-refractivity contribution in [3.8, 4) is 0 Å². The van der Waals surface area contributed by atoms with E-state index in [0.29, 0.717) is 18.4 Å². The molecule has 0 saturated heterocycles. The molecule has 1 aromatic carbocycles. The van der Waals surface area contributed by atoms with E-state index in [1.807, 2.05) is 24.3 Å². The first kappa shape index (κ1) is 14.6. The van der Waals surface area contributed by atoms with Crippen LogP contribution in [0, 0.1) is 5.92 Å². The molecule has 1 unspecified atom stereocenters. The molecule has 1 amide bonds. The lowest BCUT2D eigenvalue weighted by molar-refractivity contribution is -0.119. The number of anilines is 1. The average molecular weight is 248 g/mol. The van der Waals surface area contributed by atoms with Gasteiger partial charge in [0, 0.05) is 18.8 Å². The van der Waals surface area contributed by atoms with Gasteiger partial charge < -0.3 is 10.6 Å². The van der Waals surface area contributed by atoms with Gasteiger partial charge in [0.1, 0.15) is 0 Å². The van der Waals surface area contributed by atoms with Crippen molar-refractivity contribution in [2.24, 2.45) is 5.92 Å². The van der Waals surface area contributed by atoms with Crippen molar-refractivity contribution in [1.29, 1.82) is 0 Å². The molecule has 3 heteroatoms. The Morgan fingerprint density at radius 1 is 1.17 bits per heavy atom. The average Bonchev–Trinajstić information content (AvgIpc) is 2.30. The smallest absolute Gasteiger partial charge is 0.224 e. The van der Waals surface area contributed by atoms with Crippen LogP contribution in [-0.4, -0.2) is 19.0 Å². The molecule has 0 radical (unpaired) electrons. The molecule has 3 nitrogen and oxygen atoms in total. The summed E-state index contributed by atoms with van der Waals surface area (Å²) in [6, 6.07) is 8.54. The number of hydrogen-bond acceptors (Lipinski definition) is 2. The largest absolute Gasteiger partial charge is 0.383 e. The highest BCUT2D eigenvalue weighted by Gasteiger charge is 2.05. The van der Waals surface area contributed by atoms with Crippen molar-refractivity contribution in [3.63, 3.8) is 0 Å². The van der Waals surface area contributed by atoms with Gasteiger partial charge in [0.15, 0.2) is 0 Å². The minimum Gasteiger partial charge on any atom is -0.383 e. The number of hydrogen-bond donors (Lipinski definition) is 2. The fourth-order valence-corrected chi connectivity index (χ4v) is 2.04. The SMILES string of the molecule is CNC(=O)Cc1ccc(NC(C)CC(C)C)cc1. The van der Waals surface area contributed by atoms with Crippen molar-refractivity contribution in [2.45, 2.75) is 39.7 Å². The van der Waals surface area contributed by atoms with Gasteiger partial charge in [0.2, 0.25) is 5.91 Å². The summed E-state index contributed by atoms with van der Waals surface area (Å²) in [6.07, 6.45) is 1.60. The molecule has 0 bridgehead atoms. The Hall–Kier alpha value is -1.51. The summed E-state index contributed by atoms with van der Waals surface area (Å²) in [4.78, 5) is 11.2. The van der Waals surface area contributed by atoms with Crippen molar-refractivity contribution in [1.82, 2.24) is 5.32 Å². The highest BCUT2D eigenvalue weighted by molar-refractivity contribution is 5.78. The third-order valence-corrected chi connectivity index (χ3v) is 2.84. The highest BCUT2D eigenvalue weighted by Crippen LogP contribution is 2.14. The zero-order chi connectivity index (χ0) is 13.5. The normalized spacial score (nSPS) is 12.3. The monoisotopic (exact) mass is 248 g/mol. The van der Waals surface area contributed by atoms with Crippen LogP contribution >= 0.6 is 0 Å². The van der Waals surface area contributed by atoms with E-state index in [1.54, 1.807) is 7.05 Å². The summed E-state index contributed by atoms with van der Waals surface area (Å²) in [5.74, 6) is 0.740. The minimum atomic E-state index is 0.0453. The standard InChI is InChI=1S/C15H24N2O/c1-11(2)9-12(3)17-14-7-5-13(6-8-14)10-15(18)16-4/h5-8,11-12,17H,9-10H2,1-4H3,(H,16,18). The molecular formula is C15H24N2O. The summed E-state index contributed by atoms with van der Waals surface area (Å²) in [5, 5.41) is 6.09. The van der Waals surface area contributed by atoms with Crippen LogP contribution in [0.5, 0.6) is 0 Å². The third kappa shape index (κ3) is 5.21. The highest BCUT2D eigenvalue weighted by atomic mass is 16.1. The zero-order valence-corrected chi connectivity index (χ0v) is 11.8. The number of rotatable bonds is 6. The molecule has 1 atom stereocenters. The second-order valence-corrected chi connectivity index (χ2v) is 5.22. The van der Waals surface area contributed by atoms with Crippen LogP contribution in [-0.2, 0) is 11.2 Å². The van der Waals surface area contributed by atoms with Gasteiger partial charge in [-0.3, -0.25) is 4.79 Å². The summed E-state index contributed by atoms with van der Waals surface area (Å²) in [7, 11) is 1.66. The van der Waals surface area contributed by atoms with Gasteiger partial charge in [-0.25, -0.2) is 0 Å². The number of benzene rings is 1. The number of carbonyl (C=O) groups excluding carboxylic acids is 1. The van der Waals surface area contributed by atoms with Crippen LogP contribution in [0.25, 0.3) is 0 Å². The van der Waals surface area contributed by atoms with Crippen molar-refractivity contribution < 1.29 is 4.79 Å². The summed E-state index contributed by atoms with van der Waals surface area (Å²) < 4.78 is 0. The molecule has 0 fully saturated rings. The van der Waals surface area contributed by atoms with Gasteiger partial charge in [-0.05, 0) is 37.0 Å². The maximum atomic E-state index is 11.2. The van der Waals surface area contributed by atoms with E-state index in [2.05, 4.69) is 31.4 Å². The predicted molar refractivity (Wildman–Crippen MR) is 76.8 cm³/mol. The maximum Gasteiger partial charge on any atom is 0.224 e. The van der Waals surface area contributed by atoms with Crippen LogP contribution in [0.2, 0.25) is 0 Å². The lowest BCUT2D eigenvalue weighted by atomic mass is 10.0. The van der Waals surface area contributed by atoms with Gasteiger partial charge in [-0.15, -0.1) is 0 Å². The zero-order valence-electron chi connectivity index (χ0n) is 11.8. The number of carbonyl (C=O) groups is 1. The third-order valence-electron chi connectivity index (χ3n) is 2.84. The number of likely N-dealkylation sites (N-methyl/N-ethyl adjacent to an activating group) is 1. The molecule has 0 spiro atoms. The van der Waals surface area contributed by atoms with Gasteiger partial charge in [-0.2, -0.15) is 0 Å². The Balaban J connectivity index is 2.52. The van der Waals surface area contributed by atoms with E-state index >= 15 is 0 Å². The lowest BCUT2D eigenvalue weighted by Gasteiger charge is -2.17. The minimum absolute atomic E-state index is 0.0453. The molecule has 1 rings (SSSR count). The Bertz CT molecular complexity index is 371. The van der Waals surface area contributed by atoms with E-state index in [9.17, 15) is 4.79 Å². The van der Waals surface area contributed by atoms with Gasteiger partial charge >= 0.3 is 0 Å². The fourth-order valence-electron chi connectivity index (χ4n) is 2.04. The molecule has 2 N–H and O–H groups in total. The van der Waals surface area contributed by atoms with Crippen LogP contribution in [0.15, 0.2) is 24.3 Å². The van der Waals surface area contributed by atoms with E-state index in [0.717, 1.165) is 17.7 Å². The molecule has 0 aliphatic rings. The van der Waals surface area contributed by atoms with Crippen molar-refractivity contribution >= 4 is 11.6 Å². The van der Waals surface area contributed by atoms with Gasteiger partial charge in [0.05, 0.1) is 6.42 Å². The van der Waals surface area contributed by atoms with Crippen LogP contribution in [0.1, 0.15) is 32.8 Å². The van der Waals surface area contributed by atoms with Crippen molar-refractivity contribution in [3.05, 3.63) is 29.8 Å². The molecule has 18 heavy (non-hydrogen) atoms. The fraction of sp³-hybridized carbons (Fsp3) is 0.533. The first-order valence-electron chi connectivity index (χ1n) is 6.57. The van der Waals surface area contributed by atoms with Crippen LogP contribution < -0.4 is 10.6 Å². The quantitative estimate of drug-likeness (QED) is 0.813. The molecule has 0 aliphatic carbocycles. The predicted octanol–water partition coefficient (Wildman–Crippen LogP) is 2.82. The molecule has 100 valence electrons. The second-order valence-electron chi connectivity index (χ2n) is 5.22. The molecule has 0 saturated carbocycles. The van der Waals surface area contributed by atoms with E-state index in [4.69, 9.17) is 0 Å². The Labute approximate surface area is 110 Å². The summed E-state index contributed by atoms with van der Waals surface area (Å²) in [5.41, 5.74) is 2.15. The first-order chi connectivity index (χ1) is 8.51. The summed E-state index contributed by atoms with van der Waals surface area (Å²) in [6.45, 7) is 6.65. The van der Waals surface area contributed by atoms with Crippen molar-refractivity contribution in [2.75, 3.05) is 12.4 Å². The van der Waals surface area contributed by atoms with Gasteiger partial charge in [-0.1, -0.05) is 26.0 Å². The number of amides is 1. The number of nitrogens with one attached hydrogen (secondary N) is 2. The van der Waals surface area contributed by atoms with Gasteiger partial charge in [0.25, 0.3) is 0 Å². The Morgan fingerprint density at radius 3 is 2.28 bits per heavy atom. The molecule has 0 heterocycles. The first-order valence-corrected chi connectivity index (χ1v) is 6.57.